The average Bonchev–Trinajstić information content (AvgIpc) is 3.11. The van der Waals surface area contributed by atoms with Crippen LogP contribution in [0.3, 0.4) is 0 Å². The zero-order chi connectivity index (χ0) is 17.8. The molecule has 4 amide bonds. The molecule has 3 rings (SSSR count). The van der Waals surface area contributed by atoms with Crippen LogP contribution < -0.4 is 10.2 Å². The first-order chi connectivity index (χ1) is 12.1. The molecule has 1 N–H and O–H groups in total. The quantitative estimate of drug-likeness (QED) is 0.687. The molecule has 1 fully saturated rings. The number of nitrogens with one attached hydrogen (secondary N) is 1. The number of carbonyl (C=O) groups is 3. The Morgan fingerprint density at radius 3 is 2.52 bits per heavy atom. The summed E-state index contributed by atoms with van der Waals surface area (Å²) in [5, 5.41) is 2.18. The number of nitrogens with zero attached hydrogens (tertiary/aromatic N) is 1. The molecule has 1 saturated heterocycles. The number of imide groups is 2. The van der Waals surface area contributed by atoms with Gasteiger partial charge in [0.1, 0.15) is 11.3 Å². The van der Waals surface area contributed by atoms with Gasteiger partial charge in [-0.25, -0.2) is 9.69 Å². The number of hydrogen-bond donors (Lipinski definition) is 1. The van der Waals surface area contributed by atoms with Crippen LogP contribution in [0.5, 0.6) is 0 Å². The van der Waals surface area contributed by atoms with Crippen molar-refractivity contribution in [2.75, 3.05) is 4.90 Å². The highest BCUT2D eigenvalue weighted by atomic mass is 16.3. The maximum atomic E-state index is 12.6. The van der Waals surface area contributed by atoms with Crippen LogP contribution in [-0.2, 0) is 16.0 Å². The van der Waals surface area contributed by atoms with Gasteiger partial charge in [0, 0.05) is 0 Å². The summed E-state index contributed by atoms with van der Waals surface area (Å²) >= 11 is 0. The third-order valence-electron chi connectivity index (χ3n) is 3.77. The van der Waals surface area contributed by atoms with E-state index < -0.39 is 17.8 Å². The molecule has 0 aliphatic carbocycles. The number of furan rings is 1. The summed E-state index contributed by atoms with van der Waals surface area (Å²) < 4.78 is 5.14. The number of aryl methyl sites for hydroxylation is 1. The SMILES string of the molecule is CCc1ccc(N2C(=O)NC(=O)/C(=C\C=C\c3ccco3)C2=O)cc1. The lowest BCUT2D eigenvalue weighted by atomic mass is 10.1. The van der Waals surface area contributed by atoms with E-state index in [0.29, 0.717) is 11.4 Å². The van der Waals surface area contributed by atoms with Crippen LogP contribution in [0.4, 0.5) is 10.5 Å². The molecular weight excluding hydrogens is 320 g/mol. The van der Waals surface area contributed by atoms with Crippen molar-refractivity contribution in [3.63, 3.8) is 0 Å². The Bertz CT molecular complexity index is 861. The third kappa shape index (κ3) is 3.42. The number of amides is 4. The topological polar surface area (TPSA) is 79.6 Å². The molecule has 0 radical (unpaired) electrons. The van der Waals surface area contributed by atoms with Gasteiger partial charge in [-0.05, 0) is 48.4 Å². The lowest BCUT2D eigenvalue weighted by molar-refractivity contribution is -0.122. The van der Waals surface area contributed by atoms with E-state index in [4.69, 9.17) is 4.42 Å². The van der Waals surface area contributed by atoms with Crippen molar-refractivity contribution in [1.82, 2.24) is 5.32 Å². The molecule has 25 heavy (non-hydrogen) atoms. The van der Waals surface area contributed by atoms with Gasteiger partial charge in [0.15, 0.2) is 0 Å². The van der Waals surface area contributed by atoms with Crippen LogP contribution >= 0.6 is 0 Å². The number of benzene rings is 1. The minimum atomic E-state index is -0.758. The monoisotopic (exact) mass is 336 g/mol. The van der Waals surface area contributed by atoms with E-state index in [1.165, 1.54) is 18.4 Å². The van der Waals surface area contributed by atoms with Crippen molar-refractivity contribution in [1.29, 1.82) is 0 Å². The Balaban J connectivity index is 1.88. The lowest BCUT2D eigenvalue weighted by Gasteiger charge is -2.26. The predicted octanol–water partition coefficient (Wildman–Crippen LogP) is 3.06. The van der Waals surface area contributed by atoms with Gasteiger partial charge in [-0.3, -0.25) is 14.9 Å². The number of carbonyl (C=O) groups excluding carboxylic acids is 3. The summed E-state index contributed by atoms with van der Waals surface area (Å²) in [6, 6.07) is 9.75. The highest BCUT2D eigenvalue weighted by Crippen LogP contribution is 2.21. The van der Waals surface area contributed by atoms with Gasteiger partial charge >= 0.3 is 6.03 Å². The van der Waals surface area contributed by atoms with Crippen LogP contribution in [0.25, 0.3) is 6.08 Å². The second-order valence-electron chi connectivity index (χ2n) is 5.37. The fourth-order valence-electron chi connectivity index (χ4n) is 2.42. The maximum Gasteiger partial charge on any atom is 0.335 e. The standard InChI is InChI=1S/C19H16N2O4/c1-2-13-8-10-14(11-9-13)21-18(23)16(17(22)20-19(21)24)7-3-5-15-6-4-12-25-15/h3-12H,2H2,1H3,(H,20,22,24)/b5-3+,16-7+. The van der Waals surface area contributed by atoms with Crippen LogP contribution in [0, 0.1) is 0 Å². The Morgan fingerprint density at radius 1 is 1.12 bits per heavy atom. The van der Waals surface area contributed by atoms with Gasteiger partial charge in [-0.15, -0.1) is 0 Å². The average molecular weight is 336 g/mol. The number of anilines is 1. The molecule has 2 heterocycles. The van der Waals surface area contributed by atoms with Crippen LogP contribution in [-0.4, -0.2) is 17.8 Å². The van der Waals surface area contributed by atoms with Crippen molar-refractivity contribution in [2.45, 2.75) is 13.3 Å². The van der Waals surface area contributed by atoms with Crippen LogP contribution in [0.15, 0.2) is 64.8 Å². The molecule has 1 aliphatic heterocycles. The summed E-state index contributed by atoms with van der Waals surface area (Å²) in [6.45, 7) is 2.01. The van der Waals surface area contributed by atoms with Gasteiger partial charge in [-0.2, -0.15) is 0 Å². The predicted molar refractivity (Wildman–Crippen MR) is 92.7 cm³/mol. The summed E-state index contributed by atoms with van der Waals surface area (Å²) in [7, 11) is 0. The van der Waals surface area contributed by atoms with Gasteiger partial charge in [0.25, 0.3) is 11.8 Å². The maximum absolute atomic E-state index is 12.6. The summed E-state index contributed by atoms with van der Waals surface area (Å²) in [5.41, 5.74) is 1.37. The Labute approximate surface area is 144 Å². The van der Waals surface area contributed by atoms with Gasteiger partial charge in [-0.1, -0.05) is 25.1 Å². The Hall–Kier alpha value is -3.41. The number of hydrogen-bond acceptors (Lipinski definition) is 4. The van der Waals surface area contributed by atoms with E-state index in [1.54, 1.807) is 30.3 Å². The molecule has 0 spiro atoms. The van der Waals surface area contributed by atoms with Crippen molar-refractivity contribution in [3.05, 3.63) is 71.7 Å². The van der Waals surface area contributed by atoms with Crippen LogP contribution in [0.1, 0.15) is 18.2 Å². The highest BCUT2D eigenvalue weighted by Gasteiger charge is 2.36. The molecule has 0 unspecified atom stereocenters. The molecule has 2 aromatic rings. The highest BCUT2D eigenvalue weighted by molar-refractivity contribution is 6.37. The van der Waals surface area contributed by atoms with E-state index in [0.717, 1.165) is 16.9 Å². The Morgan fingerprint density at radius 2 is 1.88 bits per heavy atom. The molecule has 0 atom stereocenters. The Kier molecular flexibility index (Phi) is 4.61. The van der Waals surface area contributed by atoms with E-state index in [2.05, 4.69) is 5.32 Å². The second kappa shape index (κ2) is 7.00. The summed E-state index contributed by atoms with van der Waals surface area (Å²) in [6.07, 6.45) is 6.87. The normalized spacial score (nSPS) is 16.8. The minimum Gasteiger partial charge on any atom is -0.465 e. The molecule has 6 nitrogen and oxygen atoms in total. The third-order valence-corrected chi connectivity index (χ3v) is 3.77. The van der Waals surface area contributed by atoms with Crippen LogP contribution in [0.2, 0.25) is 0 Å². The fraction of sp³-hybridized carbons (Fsp3) is 0.105. The number of rotatable bonds is 4. The lowest BCUT2D eigenvalue weighted by Crippen LogP contribution is -2.54. The summed E-state index contributed by atoms with van der Waals surface area (Å²) in [4.78, 5) is 37.6. The van der Waals surface area contributed by atoms with Crippen molar-refractivity contribution >= 4 is 29.6 Å². The fourth-order valence-corrected chi connectivity index (χ4v) is 2.42. The second-order valence-corrected chi connectivity index (χ2v) is 5.37. The first-order valence-corrected chi connectivity index (χ1v) is 7.80. The van der Waals surface area contributed by atoms with E-state index >= 15 is 0 Å². The molecule has 6 heteroatoms. The minimum absolute atomic E-state index is 0.123. The number of urea groups is 1. The van der Waals surface area contributed by atoms with Gasteiger partial charge < -0.3 is 4.42 Å². The zero-order valence-electron chi connectivity index (χ0n) is 13.6. The van der Waals surface area contributed by atoms with Gasteiger partial charge in [0.2, 0.25) is 0 Å². The molecule has 0 saturated carbocycles. The number of barbiturate groups is 1. The van der Waals surface area contributed by atoms with Gasteiger partial charge in [0.05, 0.1) is 12.0 Å². The largest absolute Gasteiger partial charge is 0.465 e. The zero-order valence-corrected chi connectivity index (χ0v) is 13.6. The first-order valence-electron chi connectivity index (χ1n) is 7.80. The molecule has 0 bridgehead atoms. The van der Waals surface area contributed by atoms with E-state index in [9.17, 15) is 14.4 Å². The van der Waals surface area contributed by atoms with E-state index in [-0.39, 0.29) is 5.57 Å². The molecule has 1 aliphatic rings. The van der Waals surface area contributed by atoms with Crippen molar-refractivity contribution in [2.24, 2.45) is 0 Å². The first kappa shape index (κ1) is 16.4. The molecular formula is C19H16N2O4. The van der Waals surface area contributed by atoms with E-state index in [1.807, 2.05) is 19.1 Å². The smallest absolute Gasteiger partial charge is 0.335 e. The van der Waals surface area contributed by atoms with Crippen molar-refractivity contribution in [3.8, 4) is 0 Å². The molecule has 126 valence electrons. The summed E-state index contributed by atoms with van der Waals surface area (Å²) in [5.74, 6) is -0.800. The molecule has 1 aromatic heterocycles. The molecule has 1 aromatic carbocycles. The van der Waals surface area contributed by atoms with Crippen molar-refractivity contribution < 1.29 is 18.8 Å². The number of allylic oxidation sites excluding steroid dienone is 2.